The van der Waals surface area contributed by atoms with Crippen molar-refractivity contribution in [3.8, 4) is 0 Å². The van der Waals surface area contributed by atoms with Gasteiger partial charge in [0.05, 0.1) is 16.8 Å². The van der Waals surface area contributed by atoms with E-state index >= 15 is 0 Å². The maximum atomic E-state index is 9.00. The van der Waals surface area contributed by atoms with E-state index in [1.165, 1.54) is 4.52 Å². The molecule has 0 unspecified atom stereocenters. The SMILES string of the molecule is Cc1nnn2c(B(O)O)cccc12. The Bertz CT molecular complexity index is 440. The van der Waals surface area contributed by atoms with Gasteiger partial charge in [0, 0.05) is 0 Å². The van der Waals surface area contributed by atoms with Crippen LogP contribution in [0, 0.1) is 6.92 Å². The van der Waals surface area contributed by atoms with Gasteiger partial charge in [0.1, 0.15) is 0 Å². The van der Waals surface area contributed by atoms with Crippen LogP contribution >= 0.6 is 0 Å². The number of hydrogen-bond acceptors (Lipinski definition) is 4. The molecule has 0 amide bonds. The van der Waals surface area contributed by atoms with Crippen LogP contribution < -0.4 is 5.59 Å². The zero-order valence-corrected chi connectivity index (χ0v) is 7.05. The highest BCUT2D eigenvalue weighted by atomic mass is 16.4. The van der Waals surface area contributed by atoms with Gasteiger partial charge in [-0.25, -0.2) is 4.52 Å². The first-order chi connectivity index (χ1) is 6.20. The molecule has 0 aliphatic heterocycles. The van der Waals surface area contributed by atoms with E-state index in [9.17, 15) is 0 Å². The third-order valence-corrected chi connectivity index (χ3v) is 1.91. The highest BCUT2D eigenvalue weighted by molar-refractivity contribution is 6.57. The van der Waals surface area contributed by atoms with E-state index < -0.39 is 7.12 Å². The fourth-order valence-electron chi connectivity index (χ4n) is 1.25. The molecule has 13 heavy (non-hydrogen) atoms. The molecule has 0 atom stereocenters. The van der Waals surface area contributed by atoms with Gasteiger partial charge < -0.3 is 10.0 Å². The van der Waals surface area contributed by atoms with Crippen molar-refractivity contribution in [1.82, 2.24) is 14.8 Å². The normalized spacial score (nSPS) is 10.7. The van der Waals surface area contributed by atoms with Crippen molar-refractivity contribution < 1.29 is 10.0 Å². The number of aryl methyl sites for hydroxylation is 1. The lowest BCUT2D eigenvalue weighted by molar-refractivity contribution is 0.423. The first kappa shape index (κ1) is 8.21. The van der Waals surface area contributed by atoms with Crippen LogP contribution in [-0.2, 0) is 0 Å². The first-order valence-corrected chi connectivity index (χ1v) is 3.87. The molecule has 0 fully saturated rings. The maximum Gasteiger partial charge on any atom is 0.508 e. The van der Waals surface area contributed by atoms with Gasteiger partial charge in [-0.2, -0.15) is 0 Å². The molecule has 66 valence electrons. The average molecular weight is 177 g/mol. The second-order valence-electron chi connectivity index (χ2n) is 2.80. The number of aromatic nitrogens is 3. The molecule has 2 aromatic rings. The largest absolute Gasteiger partial charge is 0.508 e. The number of rotatable bonds is 1. The molecule has 5 nitrogen and oxygen atoms in total. The highest BCUT2D eigenvalue weighted by Crippen LogP contribution is 2.03. The molecule has 0 saturated carbocycles. The molecule has 0 aliphatic rings. The van der Waals surface area contributed by atoms with E-state index in [1.54, 1.807) is 12.1 Å². The predicted molar refractivity (Wildman–Crippen MR) is 47.5 cm³/mol. The van der Waals surface area contributed by atoms with Gasteiger partial charge in [-0.05, 0) is 19.1 Å². The Balaban J connectivity index is 2.77. The summed E-state index contributed by atoms with van der Waals surface area (Å²) in [6, 6.07) is 5.15. The van der Waals surface area contributed by atoms with E-state index in [-0.39, 0.29) is 0 Å². The van der Waals surface area contributed by atoms with Crippen molar-refractivity contribution in [1.29, 1.82) is 0 Å². The van der Waals surface area contributed by atoms with Crippen LogP contribution in [0.4, 0.5) is 0 Å². The molecule has 2 N–H and O–H groups in total. The summed E-state index contributed by atoms with van der Waals surface area (Å²) < 4.78 is 1.42. The van der Waals surface area contributed by atoms with Crippen LogP contribution in [-0.4, -0.2) is 32.0 Å². The Labute approximate surface area is 74.8 Å². The van der Waals surface area contributed by atoms with E-state index in [1.807, 2.05) is 13.0 Å². The molecule has 2 heterocycles. The lowest BCUT2D eigenvalue weighted by Crippen LogP contribution is -2.35. The van der Waals surface area contributed by atoms with Gasteiger partial charge in [0.2, 0.25) is 0 Å². The van der Waals surface area contributed by atoms with E-state index in [0.29, 0.717) is 5.59 Å². The summed E-state index contributed by atoms with van der Waals surface area (Å²) in [5.74, 6) is 0. The third-order valence-electron chi connectivity index (χ3n) is 1.91. The van der Waals surface area contributed by atoms with Crippen LogP contribution in [0.5, 0.6) is 0 Å². The van der Waals surface area contributed by atoms with E-state index in [4.69, 9.17) is 10.0 Å². The van der Waals surface area contributed by atoms with Crippen molar-refractivity contribution in [2.75, 3.05) is 0 Å². The second-order valence-corrected chi connectivity index (χ2v) is 2.80. The Morgan fingerprint density at radius 1 is 1.38 bits per heavy atom. The average Bonchev–Trinajstić information content (AvgIpc) is 2.48. The zero-order valence-electron chi connectivity index (χ0n) is 7.05. The van der Waals surface area contributed by atoms with Crippen molar-refractivity contribution in [3.63, 3.8) is 0 Å². The van der Waals surface area contributed by atoms with Crippen molar-refractivity contribution in [3.05, 3.63) is 23.9 Å². The van der Waals surface area contributed by atoms with Gasteiger partial charge in [0.25, 0.3) is 0 Å². The smallest absolute Gasteiger partial charge is 0.422 e. The van der Waals surface area contributed by atoms with E-state index in [0.717, 1.165) is 11.2 Å². The minimum atomic E-state index is -1.52. The van der Waals surface area contributed by atoms with Crippen LogP contribution in [0.2, 0.25) is 0 Å². The van der Waals surface area contributed by atoms with Crippen LogP contribution in [0.15, 0.2) is 18.2 Å². The summed E-state index contributed by atoms with van der Waals surface area (Å²) in [7, 11) is -1.52. The number of hydrogen-bond donors (Lipinski definition) is 2. The summed E-state index contributed by atoms with van der Waals surface area (Å²) in [4.78, 5) is 0. The molecule has 2 aromatic heterocycles. The summed E-state index contributed by atoms with van der Waals surface area (Å²) in [6.07, 6.45) is 0. The van der Waals surface area contributed by atoms with Gasteiger partial charge >= 0.3 is 7.12 Å². The molecule has 0 spiro atoms. The Hall–Kier alpha value is -1.40. The molecule has 2 rings (SSSR count). The van der Waals surface area contributed by atoms with Gasteiger partial charge in [0.15, 0.2) is 0 Å². The standard InChI is InChI=1S/C7H8BN3O2/c1-5-6-3-2-4-7(8(12)13)11(6)10-9-5/h2-4,12-13H,1H3. The summed E-state index contributed by atoms with van der Waals surface area (Å²) >= 11 is 0. The van der Waals surface area contributed by atoms with Crippen LogP contribution in [0.3, 0.4) is 0 Å². The Kier molecular flexibility index (Phi) is 1.79. The number of fused-ring (bicyclic) bond motifs is 1. The van der Waals surface area contributed by atoms with Gasteiger partial charge in [-0.3, -0.25) is 0 Å². The molecule has 0 aromatic carbocycles. The van der Waals surface area contributed by atoms with Crippen molar-refractivity contribution in [2.45, 2.75) is 6.92 Å². The summed E-state index contributed by atoms with van der Waals surface area (Å²) in [6.45, 7) is 1.82. The number of nitrogens with zero attached hydrogens (tertiary/aromatic N) is 3. The van der Waals surface area contributed by atoms with Gasteiger partial charge in [-0.15, -0.1) is 5.10 Å². The number of pyridine rings is 1. The minimum absolute atomic E-state index is 0.318. The molecular weight excluding hydrogens is 169 g/mol. The quantitative estimate of drug-likeness (QED) is 0.532. The lowest BCUT2D eigenvalue weighted by atomic mass is 9.85. The molecule has 0 saturated heterocycles. The predicted octanol–water partition coefficient (Wildman–Crippen LogP) is -1.28. The monoisotopic (exact) mass is 177 g/mol. The zero-order chi connectivity index (χ0) is 9.42. The third kappa shape index (κ3) is 1.20. The molecular formula is C7H8BN3O2. The van der Waals surface area contributed by atoms with Crippen molar-refractivity contribution in [2.24, 2.45) is 0 Å². The Morgan fingerprint density at radius 2 is 2.15 bits per heavy atom. The van der Waals surface area contributed by atoms with Crippen LogP contribution in [0.25, 0.3) is 5.52 Å². The van der Waals surface area contributed by atoms with Crippen LogP contribution in [0.1, 0.15) is 5.69 Å². The fourth-order valence-corrected chi connectivity index (χ4v) is 1.25. The topological polar surface area (TPSA) is 70.7 Å². The Morgan fingerprint density at radius 3 is 2.85 bits per heavy atom. The summed E-state index contributed by atoms with van der Waals surface area (Å²) in [5.41, 5.74) is 1.87. The second kappa shape index (κ2) is 2.83. The molecule has 0 aliphatic carbocycles. The van der Waals surface area contributed by atoms with Crippen molar-refractivity contribution >= 4 is 18.2 Å². The summed E-state index contributed by atoms with van der Waals surface area (Å²) in [5, 5.41) is 25.6. The fraction of sp³-hybridized carbons (Fsp3) is 0.143. The first-order valence-electron chi connectivity index (χ1n) is 3.87. The highest BCUT2D eigenvalue weighted by Gasteiger charge is 2.16. The van der Waals surface area contributed by atoms with Gasteiger partial charge in [-0.1, -0.05) is 11.3 Å². The minimum Gasteiger partial charge on any atom is -0.422 e. The molecule has 6 heteroatoms. The molecule has 0 bridgehead atoms. The van der Waals surface area contributed by atoms with E-state index in [2.05, 4.69) is 10.3 Å². The molecule has 0 radical (unpaired) electrons. The maximum absolute atomic E-state index is 9.00. The lowest BCUT2D eigenvalue weighted by Gasteiger charge is -2.00.